The van der Waals surface area contributed by atoms with Gasteiger partial charge in [-0.05, 0) is 62.4 Å². The molecule has 1 saturated carbocycles. The first-order valence-corrected chi connectivity index (χ1v) is 8.93. The van der Waals surface area contributed by atoms with Gasteiger partial charge in [0.05, 0.1) is 22.8 Å². The van der Waals surface area contributed by atoms with Crippen LogP contribution in [0.15, 0.2) is 18.3 Å². The van der Waals surface area contributed by atoms with Crippen LogP contribution >= 0.6 is 0 Å². The van der Waals surface area contributed by atoms with Crippen molar-refractivity contribution in [2.24, 2.45) is 11.8 Å². The summed E-state index contributed by atoms with van der Waals surface area (Å²) in [5.41, 5.74) is 3.73. The smallest absolute Gasteiger partial charge is 0.124 e. The van der Waals surface area contributed by atoms with Gasteiger partial charge in [-0.1, -0.05) is 11.6 Å². The Kier molecular flexibility index (Phi) is 3.95. The molecule has 1 saturated heterocycles. The Bertz CT molecular complexity index is 747. The minimum absolute atomic E-state index is 0.385. The maximum atomic E-state index is 6.05. The van der Waals surface area contributed by atoms with Crippen LogP contribution in [0.5, 0.6) is 5.75 Å². The van der Waals surface area contributed by atoms with Crippen LogP contribution in [0.2, 0.25) is 5.21 Å². The highest BCUT2D eigenvalue weighted by Gasteiger charge is 2.48. The quantitative estimate of drug-likeness (QED) is 0.877. The molecule has 2 aromatic rings. The summed E-state index contributed by atoms with van der Waals surface area (Å²) in [6.45, 7) is 5.28. The highest BCUT2D eigenvalue weighted by molar-refractivity contribution is 6.42. The average molecular weight is 318 g/mol. The molecule has 0 amide bonds. The van der Waals surface area contributed by atoms with Crippen molar-refractivity contribution < 1.29 is 4.74 Å². The van der Waals surface area contributed by atoms with Gasteiger partial charge in [-0.25, -0.2) is 0 Å². The number of rotatable bonds is 4. The number of ether oxygens (including phenoxy) is 1. The molecule has 1 aromatic carbocycles. The van der Waals surface area contributed by atoms with E-state index in [0.29, 0.717) is 11.8 Å². The first-order valence-electron chi connectivity index (χ1n) is 8.93. The second-order valence-corrected chi connectivity index (χ2v) is 7.68. The third-order valence-corrected chi connectivity index (χ3v) is 6.02. The molecule has 5 heteroatoms. The molecule has 1 N–H and O–H groups in total. The molecule has 0 bridgehead atoms. The highest BCUT2D eigenvalue weighted by atomic mass is 16.5. The summed E-state index contributed by atoms with van der Waals surface area (Å²) in [7, 11) is 13.9. The first kappa shape index (κ1) is 16.1. The highest BCUT2D eigenvalue weighted by Crippen LogP contribution is 2.59. The van der Waals surface area contributed by atoms with Gasteiger partial charge in [0.25, 0.3) is 0 Å². The fourth-order valence-corrected chi connectivity index (χ4v) is 4.45. The summed E-state index contributed by atoms with van der Waals surface area (Å²) in [6, 6.07) is 4.30. The van der Waals surface area contributed by atoms with Crippen LogP contribution in [0.1, 0.15) is 30.4 Å². The van der Waals surface area contributed by atoms with E-state index in [0.717, 1.165) is 31.8 Å². The van der Waals surface area contributed by atoms with Gasteiger partial charge in [-0.3, -0.25) is 4.90 Å². The van der Waals surface area contributed by atoms with Gasteiger partial charge >= 0.3 is 0 Å². The van der Waals surface area contributed by atoms with Crippen molar-refractivity contribution in [3.63, 3.8) is 0 Å². The van der Waals surface area contributed by atoms with E-state index in [1.807, 2.05) is 6.20 Å². The summed E-state index contributed by atoms with van der Waals surface area (Å²) in [5.74, 6) is 2.22. The first-order chi connectivity index (χ1) is 11.5. The molecule has 24 heavy (non-hydrogen) atoms. The molecule has 2 heterocycles. The van der Waals surface area contributed by atoms with Crippen LogP contribution in [-0.2, 0) is 6.54 Å². The number of aryl methyl sites for hydroxylation is 1. The number of hydrogen-bond donors (Lipinski definition) is 1. The molecular weight excluding hydrogens is 294 g/mol. The van der Waals surface area contributed by atoms with Gasteiger partial charge in [0.15, 0.2) is 0 Å². The molecule has 2 fully saturated rings. The van der Waals surface area contributed by atoms with Gasteiger partial charge in [-0.2, -0.15) is 0 Å². The minimum atomic E-state index is -0.385. The third-order valence-electron chi connectivity index (χ3n) is 6.02. The fraction of sp³-hybridized carbons (Fsp3) is 0.579. The number of aromatic nitrogens is 1. The Labute approximate surface area is 147 Å². The normalized spacial score (nSPS) is 24.3. The molecule has 1 aliphatic carbocycles. The van der Waals surface area contributed by atoms with Crippen molar-refractivity contribution in [2.45, 2.75) is 37.9 Å². The minimum Gasteiger partial charge on any atom is -0.496 e. The SMILES string of the molecule is [B]C1([B])CC1C1CCN(Cc2c(OC)cc(C)c3[nH]ccc23)CC1. The summed E-state index contributed by atoms with van der Waals surface area (Å²) >= 11 is 0. The molecule has 2 aliphatic rings. The van der Waals surface area contributed by atoms with Crippen molar-refractivity contribution in [1.29, 1.82) is 0 Å². The zero-order valence-electron chi connectivity index (χ0n) is 14.6. The predicted molar refractivity (Wildman–Crippen MR) is 99.9 cm³/mol. The zero-order valence-corrected chi connectivity index (χ0v) is 14.6. The second-order valence-electron chi connectivity index (χ2n) is 7.68. The lowest BCUT2D eigenvalue weighted by Crippen LogP contribution is -2.34. The number of aromatic amines is 1. The summed E-state index contributed by atoms with van der Waals surface area (Å²) in [4.78, 5) is 5.89. The van der Waals surface area contributed by atoms with Crippen LogP contribution in [0, 0.1) is 18.8 Å². The van der Waals surface area contributed by atoms with Crippen molar-refractivity contribution in [3.8, 4) is 5.75 Å². The number of nitrogens with zero attached hydrogens (tertiary/aromatic N) is 1. The monoisotopic (exact) mass is 318 g/mol. The average Bonchev–Trinajstić information content (AvgIpc) is 2.99. The molecule has 1 aliphatic heterocycles. The van der Waals surface area contributed by atoms with Gasteiger partial charge in [0.2, 0.25) is 0 Å². The number of H-pyrrole nitrogens is 1. The van der Waals surface area contributed by atoms with Crippen LogP contribution in [0.4, 0.5) is 0 Å². The standard InChI is InChI=1S/C19H24B2N2O/c1-12-9-17(24-2)15(14-3-6-22-18(12)14)11-23-7-4-13(5-8-23)16-10-19(16,20)21/h3,6,9,13,16,22H,4-5,7-8,10-11H2,1-2H3. The van der Waals surface area contributed by atoms with E-state index in [1.54, 1.807) is 7.11 Å². The van der Waals surface area contributed by atoms with Crippen LogP contribution in [0.25, 0.3) is 10.9 Å². The number of methoxy groups -OCH3 is 1. The lowest BCUT2D eigenvalue weighted by Gasteiger charge is -2.33. The number of nitrogens with one attached hydrogen (secondary N) is 1. The molecule has 1 atom stereocenters. The Balaban J connectivity index is 1.49. The molecule has 1 aromatic heterocycles. The van der Waals surface area contributed by atoms with E-state index in [2.05, 4.69) is 28.9 Å². The van der Waals surface area contributed by atoms with E-state index in [1.165, 1.54) is 34.9 Å². The summed E-state index contributed by atoms with van der Waals surface area (Å²) < 4.78 is 5.67. The van der Waals surface area contributed by atoms with E-state index in [9.17, 15) is 0 Å². The number of benzene rings is 1. The van der Waals surface area contributed by atoms with Gasteiger partial charge < -0.3 is 9.72 Å². The van der Waals surface area contributed by atoms with Crippen molar-refractivity contribution in [2.75, 3.05) is 20.2 Å². The molecule has 4 rings (SSSR count). The maximum Gasteiger partial charge on any atom is 0.124 e. The van der Waals surface area contributed by atoms with Crippen LogP contribution in [0.3, 0.4) is 0 Å². The number of piperidine rings is 1. The molecular formula is C19H24B2N2O. The fourth-order valence-electron chi connectivity index (χ4n) is 4.45. The topological polar surface area (TPSA) is 28.3 Å². The Morgan fingerprint density at radius 1 is 1.33 bits per heavy atom. The van der Waals surface area contributed by atoms with Gasteiger partial charge in [0.1, 0.15) is 5.75 Å². The lowest BCUT2D eigenvalue weighted by atomic mass is 9.63. The van der Waals surface area contributed by atoms with Crippen molar-refractivity contribution in [1.82, 2.24) is 9.88 Å². The Morgan fingerprint density at radius 2 is 2.04 bits per heavy atom. The van der Waals surface area contributed by atoms with Gasteiger partial charge in [-0.15, -0.1) is 0 Å². The summed E-state index contributed by atoms with van der Waals surface area (Å²) in [6.07, 6.45) is 5.41. The van der Waals surface area contributed by atoms with Crippen molar-refractivity contribution >= 4 is 26.6 Å². The van der Waals surface area contributed by atoms with Crippen LogP contribution in [-0.4, -0.2) is 45.8 Å². The number of likely N-dealkylation sites (tertiary alicyclic amines) is 1. The Morgan fingerprint density at radius 3 is 2.67 bits per heavy atom. The molecule has 4 radical (unpaired) electrons. The molecule has 1 unspecified atom stereocenters. The zero-order chi connectivity index (χ0) is 16.9. The molecule has 0 spiro atoms. The van der Waals surface area contributed by atoms with Gasteiger partial charge in [0, 0.05) is 29.2 Å². The second kappa shape index (κ2) is 5.87. The predicted octanol–water partition coefficient (Wildman–Crippen LogP) is 3.17. The Hall–Kier alpha value is -1.35. The molecule has 122 valence electrons. The van der Waals surface area contributed by atoms with E-state index in [4.69, 9.17) is 20.4 Å². The van der Waals surface area contributed by atoms with Crippen LogP contribution < -0.4 is 4.74 Å². The van der Waals surface area contributed by atoms with E-state index in [-0.39, 0.29) is 5.21 Å². The largest absolute Gasteiger partial charge is 0.496 e. The van der Waals surface area contributed by atoms with E-state index >= 15 is 0 Å². The maximum absolute atomic E-state index is 6.05. The summed E-state index contributed by atoms with van der Waals surface area (Å²) in [5, 5.41) is 0.892. The lowest BCUT2D eigenvalue weighted by molar-refractivity contribution is 0.164. The van der Waals surface area contributed by atoms with Crippen molar-refractivity contribution in [3.05, 3.63) is 29.5 Å². The number of fused-ring (bicyclic) bond motifs is 1. The van der Waals surface area contributed by atoms with E-state index < -0.39 is 0 Å². The number of hydrogen-bond acceptors (Lipinski definition) is 2. The third kappa shape index (κ3) is 2.77. The molecule has 3 nitrogen and oxygen atoms in total.